The second-order valence-electron chi connectivity index (χ2n) is 7.35. The smallest absolute Gasteiger partial charge is 0.341 e. The molecule has 0 spiro atoms. The van der Waals surface area contributed by atoms with Gasteiger partial charge in [-0.25, -0.2) is 21.9 Å². The van der Waals surface area contributed by atoms with E-state index in [1.807, 2.05) is 0 Å². The highest BCUT2D eigenvalue weighted by Crippen LogP contribution is 2.24. The SMILES string of the molecule is C[C@@H](OC(=O)c1cc(S(=O)(=O)N(C)C)ccc1F)C(=O)N[C@H]1CCCC[C@@H]1C. The highest BCUT2D eigenvalue weighted by molar-refractivity contribution is 7.89. The summed E-state index contributed by atoms with van der Waals surface area (Å²) < 4.78 is 44.5. The summed E-state index contributed by atoms with van der Waals surface area (Å²) in [5.74, 6) is -2.13. The molecule has 9 heteroatoms. The van der Waals surface area contributed by atoms with Crippen molar-refractivity contribution < 1.29 is 27.1 Å². The number of carbonyl (C=O) groups is 2. The van der Waals surface area contributed by atoms with Crippen molar-refractivity contribution in [3.8, 4) is 0 Å². The van der Waals surface area contributed by atoms with Crippen molar-refractivity contribution >= 4 is 21.9 Å². The first-order chi connectivity index (χ1) is 13.0. The van der Waals surface area contributed by atoms with Gasteiger partial charge in [0.1, 0.15) is 5.82 Å². The molecule has 156 valence electrons. The summed E-state index contributed by atoms with van der Waals surface area (Å²) in [5.41, 5.74) is -0.534. The number of sulfonamides is 1. The number of esters is 1. The molecule has 28 heavy (non-hydrogen) atoms. The Kier molecular flexibility index (Phi) is 7.16. The maximum Gasteiger partial charge on any atom is 0.341 e. The average Bonchev–Trinajstić information content (AvgIpc) is 2.63. The molecule has 1 amide bonds. The second-order valence-corrected chi connectivity index (χ2v) is 9.51. The van der Waals surface area contributed by atoms with Crippen LogP contribution in [0.25, 0.3) is 0 Å². The van der Waals surface area contributed by atoms with Crippen LogP contribution in [0.3, 0.4) is 0 Å². The summed E-state index contributed by atoms with van der Waals surface area (Å²) in [5, 5.41) is 2.88. The number of nitrogens with zero attached hydrogens (tertiary/aromatic N) is 1. The minimum Gasteiger partial charge on any atom is -0.449 e. The van der Waals surface area contributed by atoms with Gasteiger partial charge in [0.2, 0.25) is 10.0 Å². The summed E-state index contributed by atoms with van der Waals surface area (Å²) in [6.45, 7) is 3.46. The van der Waals surface area contributed by atoms with Gasteiger partial charge in [-0.05, 0) is 43.9 Å². The van der Waals surface area contributed by atoms with Crippen molar-refractivity contribution in [3.05, 3.63) is 29.6 Å². The van der Waals surface area contributed by atoms with Crippen LogP contribution in [0, 0.1) is 11.7 Å². The molecule has 1 aliphatic carbocycles. The normalized spacial score (nSPS) is 21.2. The number of hydrogen-bond donors (Lipinski definition) is 1. The molecule has 2 rings (SSSR count). The molecule has 0 radical (unpaired) electrons. The molecule has 3 atom stereocenters. The van der Waals surface area contributed by atoms with Gasteiger partial charge in [-0.1, -0.05) is 19.8 Å². The van der Waals surface area contributed by atoms with Crippen LogP contribution in [0.2, 0.25) is 0 Å². The third-order valence-electron chi connectivity index (χ3n) is 5.03. The fourth-order valence-corrected chi connectivity index (χ4v) is 4.07. The zero-order valence-electron chi connectivity index (χ0n) is 16.6. The van der Waals surface area contributed by atoms with Crippen LogP contribution < -0.4 is 5.32 Å². The molecule has 1 aromatic rings. The number of carbonyl (C=O) groups excluding carboxylic acids is 2. The van der Waals surface area contributed by atoms with E-state index in [1.54, 1.807) is 0 Å². The van der Waals surface area contributed by atoms with Gasteiger partial charge >= 0.3 is 5.97 Å². The predicted octanol–water partition coefficient (Wildman–Crippen LogP) is 2.32. The first-order valence-electron chi connectivity index (χ1n) is 9.27. The van der Waals surface area contributed by atoms with E-state index in [-0.39, 0.29) is 10.9 Å². The number of halogens is 1. The van der Waals surface area contributed by atoms with Crippen molar-refractivity contribution in [1.29, 1.82) is 0 Å². The first kappa shape index (κ1) is 22.3. The van der Waals surface area contributed by atoms with Crippen molar-refractivity contribution in [2.24, 2.45) is 5.92 Å². The van der Waals surface area contributed by atoms with Gasteiger partial charge in [0, 0.05) is 20.1 Å². The third kappa shape index (κ3) is 5.08. The first-order valence-corrected chi connectivity index (χ1v) is 10.7. The van der Waals surface area contributed by atoms with E-state index in [0.717, 1.165) is 48.2 Å². The fraction of sp³-hybridized carbons (Fsp3) is 0.579. The summed E-state index contributed by atoms with van der Waals surface area (Å²) in [6, 6.07) is 2.90. The van der Waals surface area contributed by atoms with E-state index >= 15 is 0 Å². The lowest BCUT2D eigenvalue weighted by Gasteiger charge is -2.30. The minimum atomic E-state index is -3.84. The Bertz CT molecular complexity index is 841. The number of nitrogens with one attached hydrogen (secondary N) is 1. The molecule has 0 unspecified atom stereocenters. The number of hydrogen-bond acceptors (Lipinski definition) is 5. The predicted molar refractivity (Wildman–Crippen MR) is 102 cm³/mol. The molecule has 1 fully saturated rings. The lowest BCUT2D eigenvalue weighted by atomic mass is 9.86. The Hall–Kier alpha value is -2.00. The molecule has 0 aliphatic heterocycles. The quantitative estimate of drug-likeness (QED) is 0.721. The molecule has 7 nitrogen and oxygen atoms in total. The van der Waals surface area contributed by atoms with E-state index in [4.69, 9.17) is 4.74 Å². The largest absolute Gasteiger partial charge is 0.449 e. The van der Waals surface area contributed by atoms with Gasteiger partial charge in [-0.3, -0.25) is 4.79 Å². The molecule has 0 saturated heterocycles. The molecule has 0 heterocycles. The topological polar surface area (TPSA) is 92.8 Å². The maximum absolute atomic E-state index is 14.1. The van der Waals surface area contributed by atoms with Gasteiger partial charge in [0.05, 0.1) is 10.5 Å². The fourth-order valence-electron chi connectivity index (χ4n) is 3.14. The zero-order valence-corrected chi connectivity index (χ0v) is 17.4. The lowest BCUT2D eigenvalue weighted by molar-refractivity contribution is -0.130. The van der Waals surface area contributed by atoms with Crippen LogP contribution in [-0.2, 0) is 19.6 Å². The molecule has 0 bridgehead atoms. The van der Waals surface area contributed by atoms with Crippen LogP contribution in [0.1, 0.15) is 49.9 Å². The van der Waals surface area contributed by atoms with E-state index in [0.29, 0.717) is 5.92 Å². The summed E-state index contributed by atoms with van der Waals surface area (Å²) in [7, 11) is -1.18. The molecule has 1 aromatic carbocycles. The minimum absolute atomic E-state index is 0.0210. The standard InChI is InChI=1S/C19H27FN2O5S/c1-12-7-5-6-8-17(12)21-18(23)13(2)27-19(24)15-11-14(9-10-16(15)20)28(25,26)22(3)4/h9-13,17H,5-8H2,1-4H3,(H,21,23)/t12-,13+,17-/m0/s1. The monoisotopic (exact) mass is 414 g/mol. The van der Waals surface area contributed by atoms with Gasteiger partial charge in [-0.2, -0.15) is 0 Å². The summed E-state index contributed by atoms with van der Waals surface area (Å²) >= 11 is 0. The number of benzene rings is 1. The Labute approximate surface area is 165 Å². The summed E-state index contributed by atoms with van der Waals surface area (Å²) in [4.78, 5) is 24.4. The molecule has 1 N–H and O–H groups in total. The van der Waals surface area contributed by atoms with Crippen LogP contribution >= 0.6 is 0 Å². The summed E-state index contributed by atoms with van der Waals surface area (Å²) in [6.07, 6.45) is 2.92. The number of ether oxygens (including phenoxy) is 1. The lowest BCUT2D eigenvalue weighted by Crippen LogP contribution is -2.46. The van der Waals surface area contributed by atoms with E-state index in [1.165, 1.54) is 21.0 Å². The van der Waals surface area contributed by atoms with Gasteiger partial charge < -0.3 is 10.1 Å². The van der Waals surface area contributed by atoms with E-state index in [2.05, 4.69) is 12.2 Å². The zero-order chi connectivity index (χ0) is 21.1. The van der Waals surface area contributed by atoms with Gasteiger partial charge in [-0.15, -0.1) is 0 Å². The molecule has 0 aromatic heterocycles. The van der Waals surface area contributed by atoms with Crippen molar-refractivity contribution in [1.82, 2.24) is 9.62 Å². The molecule has 1 aliphatic rings. The molecular weight excluding hydrogens is 387 g/mol. The van der Waals surface area contributed by atoms with Gasteiger partial charge in [0.15, 0.2) is 6.10 Å². The number of rotatable bonds is 6. The number of amides is 1. The van der Waals surface area contributed by atoms with Crippen molar-refractivity contribution in [2.45, 2.75) is 56.6 Å². The Morgan fingerprint density at radius 2 is 1.89 bits per heavy atom. The Balaban J connectivity index is 2.10. The second kappa shape index (κ2) is 9.00. The van der Waals surface area contributed by atoms with E-state index < -0.39 is 39.4 Å². The van der Waals surface area contributed by atoms with Crippen LogP contribution in [0.5, 0.6) is 0 Å². The maximum atomic E-state index is 14.1. The average molecular weight is 414 g/mol. The molecule has 1 saturated carbocycles. The van der Waals surface area contributed by atoms with Crippen LogP contribution in [0.15, 0.2) is 23.1 Å². The van der Waals surface area contributed by atoms with Crippen molar-refractivity contribution in [2.75, 3.05) is 14.1 Å². The van der Waals surface area contributed by atoms with E-state index in [9.17, 15) is 22.4 Å². The van der Waals surface area contributed by atoms with Crippen molar-refractivity contribution in [3.63, 3.8) is 0 Å². The van der Waals surface area contributed by atoms with Crippen LogP contribution in [0.4, 0.5) is 4.39 Å². The van der Waals surface area contributed by atoms with Crippen LogP contribution in [-0.4, -0.2) is 50.8 Å². The van der Waals surface area contributed by atoms with Gasteiger partial charge in [0.25, 0.3) is 5.91 Å². The highest BCUT2D eigenvalue weighted by atomic mass is 32.2. The highest BCUT2D eigenvalue weighted by Gasteiger charge is 2.28. The third-order valence-corrected chi connectivity index (χ3v) is 6.84. The molecular formula is C19H27FN2O5S. The Morgan fingerprint density at radius 1 is 1.25 bits per heavy atom. The Morgan fingerprint density at radius 3 is 2.50 bits per heavy atom.